The summed E-state index contributed by atoms with van der Waals surface area (Å²) >= 11 is 0. The number of rotatable bonds is 3. The van der Waals surface area contributed by atoms with E-state index in [0.717, 1.165) is 16.5 Å². The first-order valence-electron chi connectivity index (χ1n) is 7.08. The highest BCUT2D eigenvalue weighted by Crippen LogP contribution is 2.30. The van der Waals surface area contributed by atoms with E-state index in [1.165, 1.54) is 16.7 Å². The van der Waals surface area contributed by atoms with Gasteiger partial charge in [-0.05, 0) is 48.2 Å². The molecule has 3 aromatic rings. The first-order chi connectivity index (χ1) is 10.1. The molecular formula is C19H17NO. The molecule has 2 aromatic carbocycles. The summed E-state index contributed by atoms with van der Waals surface area (Å²) < 4.78 is 0. The molecule has 0 aliphatic carbocycles. The summed E-state index contributed by atoms with van der Waals surface area (Å²) in [5, 5.41) is 1.12. The molecule has 0 fully saturated rings. The van der Waals surface area contributed by atoms with Crippen molar-refractivity contribution in [3.63, 3.8) is 0 Å². The van der Waals surface area contributed by atoms with Crippen LogP contribution in [-0.2, 0) is 11.2 Å². The van der Waals surface area contributed by atoms with Crippen molar-refractivity contribution >= 4 is 16.7 Å². The molecule has 0 radical (unpaired) electrons. The smallest absolute Gasteiger partial charge is 0.134 e. The molecule has 0 atom stereocenters. The van der Waals surface area contributed by atoms with E-state index in [-0.39, 0.29) is 5.78 Å². The van der Waals surface area contributed by atoms with E-state index in [4.69, 9.17) is 0 Å². The highest BCUT2D eigenvalue weighted by atomic mass is 16.1. The van der Waals surface area contributed by atoms with Gasteiger partial charge < -0.3 is 0 Å². The van der Waals surface area contributed by atoms with Crippen molar-refractivity contribution in [1.82, 2.24) is 4.98 Å². The van der Waals surface area contributed by atoms with Gasteiger partial charge in [-0.25, -0.2) is 0 Å². The van der Waals surface area contributed by atoms with E-state index in [0.29, 0.717) is 6.42 Å². The number of Topliss-reactive ketones (excluding diaryl/α,β-unsaturated/α-hetero) is 1. The van der Waals surface area contributed by atoms with Crippen molar-refractivity contribution < 1.29 is 4.79 Å². The van der Waals surface area contributed by atoms with Gasteiger partial charge in [-0.3, -0.25) is 9.78 Å². The van der Waals surface area contributed by atoms with Gasteiger partial charge >= 0.3 is 0 Å². The molecule has 2 heteroatoms. The maximum atomic E-state index is 11.3. The van der Waals surface area contributed by atoms with E-state index in [1.54, 1.807) is 6.92 Å². The molecule has 0 saturated carbocycles. The van der Waals surface area contributed by atoms with Gasteiger partial charge in [0.15, 0.2) is 0 Å². The van der Waals surface area contributed by atoms with Crippen molar-refractivity contribution in [3.8, 4) is 11.1 Å². The van der Waals surface area contributed by atoms with E-state index in [9.17, 15) is 4.79 Å². The van der Waals surface area contributed by atoms with Crippen LogP contribution < -0.4 is 0 Å². The maximum Gasteiger partial charge on any atom is 0.134 e. The lowest BCUT2D eigenvalue weighted by molar-refractivity contribution is -0.116. The van der Waals surface area contributed by atoms with Crippen LogP contribution in [0.4, 0.5) is 0 Å². The normalized spacial score (nSPS) is 10.8. The zero-order valence-electron chi connectivity index (χ0n) is 12.3. The Morgan fingerprint density at radius 3 is 2.62 bits per heavy atom. The van der Waals surface area contributed by atoms with Gasteiger partial charge in [0.25, 0.3) is 0 Å². The minimum atomic E-state index is 0.171. The van der Waals surface area contributed by atoms with Crippen LogP contribution in [0.5, 0.6) is 0 Å². The number of fused-ring (bicyclic) bond motifs is 1. The van der Waals surface area contributed by atoms with E-state index in [2.05, 4.69) is 42.2 Å². The van der Waals surface area contributed by atoms with Crippen LogP contribution in [0.3, 0.4) is 0 Å². The summed E-state index contributed by atoms with van der Waals surface area (Å²) in [5.74, 6) is 0.171. The Balaban J connectivity index is 2.17. The van der Waals surface area contributed by atoms with Crippen LogP contribution in [0.2, 0.25) is 0 Å². The fourth-order valence-corrected chi connectivity index (χ4v) is 2.70. The Bertz CT molecular complexity index is 821. The third kappa shape index (κ3) is 2.70. The third-order valence-electron chi connectivity index (χ3n) is 3.70. The lowest BCUT2D eigenvalue weighted by Gasteiger charge is -2.10. The third-order valence-corrected chi connectivity index (χ3v) is 3.70. The summed E-state index contributed by atoms with van der Waals surface area (Å²) in [5.41, 5.74) is 5.62. The summed E-state index contributed by atoms with van der Waals surface area (Å²) in [7, 11) is 0. The van der Waals surface area contributed by atoms with Crippen LogP contribution in [-0.4, -0.2) is 10.8 Å². The number of ketones is 1. The fourth-order valence-electron chi connectivity index (χ4n) is 2.70. The summed E-state index contributed by atoms with van der Waals surface area (Å²) in [6.07, 6.45) is 2.30. The van der Waals surface area contributed by atoms with E-state index in [1.807, 2.05) is 24.4 Å². The zero-order chi connectivity index (χ0) is 14.8. The Hall–Kier alpha value is -2.48. The molecular weight excluding hydrogens is 258 g/mol. The van der Waals surface area contributed by atoms with Gasteiger partial charge in [-0.2, -0.15) is 0 Å². The standard InChI is InChI=1S/C19H17NO/c1-13-5-3-4-6-16(13)17-9-10-20-19-12-15(11-14(2)21)7-8-18(17)19/h3-10,12H,11H2,1-2H3. The van der Waals surface area contributed by atoms with Crippen molar-refractivity contribution in [3.05, 3.63) is 65.9 Å². The molecule has 0 amide bonds. The minimum absolute atomic E-state index is 0.171. The average Bonchev–Trinajstić information content (AvgIpc) is 2.46. The van der Waals surface area contributed by atoms with Crippen LogP contribution in [0, 0.1) is 6.92 Å². The number of carbonyl (C=O) groups is 1. The predicted octanol–water partition coefficient (Wildman–Crippen LogP) is 4.34. The molecule has 0 saturated heterocycles. The highest BCUT2D eigenvalue weighted by molar-refractivity contribution is 5.95. The lowest BCUT2D eigenvalue weighted by Crippen LogP contribution is -1.96. The van der Waals surface area contributed by atoms with Crippen molar-refractivity contribution in [1.29, 1.82) is 0 Å². The van der Waals surface area contributed by atoms with Crippen LogP contribution >= 0.6 is 0 Å². The second-order valence-corrected chi connectivity index (χ2v) is 5.40. The van der Waals surface area contributed by atoms with Gasteiger partial charge in [-0.1, -0.05) is 36.4 Å². The SMILES string of the molecule is CC(=O)Cc1ccc2c(-c3ccccc3C)ccnc2c1. The molecule has 0 spiro atoms. The molecule has 2 nitrogen and oxygen atoms in total. The van der Waals surface area contributed by atoms with E-state index < -0.39 is 0 Å². The Labute approximate surface area is 124 Å². The molecule has 21 heavy (non-hydrogen) atoms. The Morgan fingerprint density at radius 1 is 1.05 bits per heavy atom. The molecule has 3 rings (SSSR count). The second kappa shape index (κ2) is 5.49. The fraction of sp³-hybridized carbons (Fsp3) is 0.158. The molecule has 0 bridgehead atoms. The number of pyridine rings is 1. The number of hydrogen-bond acceptors (Lipinski definition) is 2. The van der Waals surface area contributed by atoms with Gasteiger partial charge in [0.1, 0.15) is 5.78 Å². The van der Waals surface area contributed by atoms with Crippen LogP contribution in [0.25, 0.3) is 22.0 Å². The minimum Gasteiger partial charge on any atom is -0.300 e. The topological polar surface area (TPSA) is 30.0 Å². The number of nitrogens with zero attached hydrogens (tertiary/aromatic N) is 1. The zero-order valence-corrected chi connectivity index (χ0v) is 12.3. The number of benzene rings is 2. The Kier molecular flexibility index (Phi) is 3.53. The molecule has 1 aromatic heterocycles. The first kappa shape index (κ1) is 13.5. The van der Waals surface area contributed by atoms with E-state index >= 15 is 0 Å². The van der Waals surface area contributed by atoms with Crippen molar-refractivity contribution in [2.75, 3.05) is 0 Å². The first-order valence-corrected chi connectivity index (χ1v) is 7.08. The quantitative estimate of drug-likeness (QED) is 0.711. The maximum absolute atomic E-state index is 11.3. The predicted molar refractivity (Wildman–Crippen MR) is 86.3 cm³/mol. The Morgan fingerprint density at radius 2 is 1.86 bits per heavy atom. The molecule has 0 aliphatic heterocycles. The number of aryl methyl sites for hydroxylation is 1. The summed E-state index contributed by atoms with van der Waals surface area (Å²) in [6.45, 7) is 3.73. The molecule has 0 N–H and O–H groups in total. The molecule has 0 aliphatic rings. The molecule has 0 unspecified atom stereocenters. The van der Waals surface area contributed by atoms with Gasteiger partial charge in [0, 0.05) is 18.0 Å². The van der Waals surface area contributed by atoms with Crippen LogP contribution in [0.15, 0.2) is 54.7 Å². The summed E-state index contributed by atoms with van der Waals surface area (Å²) in [6, 6.07) is 16.5. The average molecular weight is 275 g/mol. The highest BCUT2D eigenvalue weighted by Gasteiger charge is 2.08. The second-order valence-electron chi connectivity index (χ2n) is 5.40. The van der Waals surface area contributed by atoms with Crippen molar-refractivity contribution in [2.24, 2.45) is 0 Å². The van der Waals surface area contributed by atoms with Crippen LogP contribution in [0.1, 0.15) is 18.1 Å². The molecule has 1 heterocycles. The lowest BCUT2D eigenvalue weighted by atomic mass is 9.96. The largest absolute Gasteiger partial charge is 0.300 e. The summed E-state index contributed by atoms with van der Waals surface area (Å²) in [4.78, 5) is 15.7. The number of hydrogen-bond donors (Lipinski definition) is 0. The van der Waals surface area contributed by atoms with Gasteiger partial charge in [0.05, 0.1) is 5.52 Å². The molecule has 104 valence electrons. The van der Waals surface area contributed by atoms with Crippen molar-refractivity contribution in [2.45, 2.75) is 20.3 Å². The number of carbonyl (C=O) groups excluding carboxylic acids is 1. The van der Waals surface area contributed by atoms with Gasteiger partial charge in [-0.15, -0.1) is 0 Å². The van der Waals surface area contributed by atoms with Gasteiger partial charge in [0.2, 0.25) is 0 Å². The number of aromatic nitrogens is 1. The monoisotopic (exact) mass is 275 g/mol.